The van der Waals surface area contributed by atoms with Gasteiger partial charge in [0.25, 0.3) is 5.97 Å². The van der Waals surface area contributed by atoms with Crippen molar-refractivity contribution in [2.24, 2.45) is 0 Å². The Morgan fingerprint density at radius 3 is 2.65 bits per heavy atom. The maximum Gasteiger partial charge on any atom is 0.300 e. The summed E-state index contributed by atoms with van der Waals surface area (Å²) in [6.07, 6.45) is 0. The van der Waals surface area contributed by atoms with Crippen LogP contribution in [0.2, 0.25) is 0 Å². The predicted octanol–water partition coefficient (Wildman–Crippen LogP) is 2.58. The number of aromatic nitrogens is 1. The molecule has 8 nitrogen and oxygen atoms in total. The largest absolute Gasteiger partial charge is 0.494 e. The van der Waals surface area contributed by atoms with Gasteiger partial charge in [0.2, 0.25) is 0 Å². The monoisotopic (exact) mass is 355 g/mol. The summed E-state index contributed by atoms with van der Waals surface area (Å²) in [7, 11) is 0. The lowest BCUT2D eigenvalue weighted by Gasteiger charge is -2.13. The topological polar surface area (TPSA) is 131 Å². The van der Waals surface area contributed by atoms with E-state index < -0.39 is 5.97 Å². The molecule has 26 heavy (non-hydrogen) atoms. The molecule has 0 aliphatic rings. The van der Waals surface area contributed by atoms with Crippen molar-refractivity contribution in [3.05, 3.63) is 53.7 Å². The number of nitrogens with one attached hydrogen (secondary N) is 3. The standard InChI is InChI=1S/C16H17N5O.C2H4O2/c1-2-22-14-8-4-3-6-12(14)11-19-16(18)21-15-9-5-7-13(10-17)20-15;1-2(3)4/h3-9H,2,11H2,1H3,(H3,18,19,20,21);1H3,(H,3,4). The van der Waals surface area contributed by atoms with Crippen LogP contribution in [-0.4, -0.2) is 28.6 Å². The van der Waals surface area contributed by atoms with Gasteiger partial charge in [-0.25, -0.2) is 4.98 Å². The third kappa shape index (κ3) is 7.79. The number of benzene rings is 1. The van der Waals surface area contributed by atoms with Crippen molar-refractivity contribution >= 4 is 17.7 Å². The fraction of sp³-hybridized carbons (Fsp3) is 0.222. The van der Waals surface area contributed by atoms with Gasteiger partial charge in [-0.2, -0.15) is 5.26 Å². The first kappa shape index (κ1) is 20.4. The Bertz CT molecular complexity index is 782. The number of carboxylic acids is 1. The number of anilines is 1. The normalized spacial score (nSPS) is 9.12. The number of guanidine groups is 1. The minimum atomic E-state index is -0.833. The molecule has 4 N–H and O–H groups in total. The van der Waals surface area contributed by atoms with Crippen LogP contribution in [0.3, 0.4) is 0 Å². The van der Waals surface area contributed by atoms with Gasteiger partial charge >= 0.3 is 0 Å². The Morgan fingerprint density at radius 1 is 1.31 bits per heavy atom. The Kier molecular flexibility index (Phi) is 8.68. The highest BCUT2D eigenvalue weighted by Crippen LogP contribution is 2.17. The zero-order valence-corrected chi connectivity index (χ0v) is 14.6. The molecule has 0 aliphatic heterocycles. The number of hydrogen-bond donors (Lipinski definition) is 4. The van der Waals surface area contributed by atoms with Crippen LogP contribution in [0.4, 0.5) is 5.82 Å². The average molecular weight is 355 g/mol. The number of para-hydroxylation sites is 1. The van der Waals surface area contributed by atoms with Gasteiger partial charge in [0, 0.05) is 19.0 Å². The second-order valence-corrected chi connectivity index (χ2v) is 4.93. The van der Waals surface area contributed by atoms with Crippen molar-refractivity contribution < 1.29 is 14.6 Å². The van der Waals surface area contributed by atoms with E-state index in [1.807, 2.05) is 37.3 Å². The Balaban J connectivity index is 0.000000765. The van der Waals surface area contributed by atoms with E-state index in [0.717, 1.165) is 18.2 Å². The van der Waals surface area contributed by atoms with Gasteiger partial charge in [0.1, 0.15) is 23.3 Å². The highest BCUT2D eigenvalue weighted by molar-refractivity contribution is 5.90. The van der Waals surface area contributed by atoms with Crippen molar-refractivity contribution in [3.63, 3.8) is 0 Å². The molecule has 2 rings (SSSR count). The number of nitriles is 1. The third-order valence-corrected chi connectivity index (χ3v) is 2.84. The number of carboxylic acid groups (broad SMARTS) is 1. The molecule has 1 heterocycles. The van der Waals surface area contributed by atoms with Gasteiger partial charge in [-0.3, -0.25) is 10.2 Å². The minimum Gasteiger partial charge on any atom is -0.494 e. The third-order valence-electron chi connectivity index (χ3n) is 2.84. The molecule has 0 saturated carbocycles. The molecule has 0 spiro atoms. The number of hydrogen-bond acceptors (Lipinski definition) is 5. The molecule has 0 aliphatic carbocycles. The van der Waals surface area contributed by atoms with Crippen LogP contribution in [0.15, 0.2) is 42.5 Å². The van der Waals surface area contributed by atoms with Crippen molar-refractivity contribution in [2.45, 2.75) is 20.4 Å². The maximum atomic E-state index is 9.00. The molecule has 0 radical (unpaired) electrons. The van der Waals surface area contributed by atoms with Gasteiger partial charge in [-0.05, 0) is 25.1 Å². The summed E-state index contributed by atoms with van der Waals surface area (Å²) >= 11 is 0. The maximum absolute atomic E-state index is 9.00. The van der Waals surface area contributed by atoms with Crippen molar-refractivity contribution in [1.29, 1.82) is 10.7 Å². The van der Waals surface area contributed by atoms with E-state index >= 15 is 0 Å². The van der Waals surface area contributed by atoms with Gasteiger partial charge in [-0.1, -0.05) is 24.3 Å². The summed E-state index contributed by atoms with van der Waals surface area (Å²) in [6.45, 7) is 4.07. The fourth-order valence-corrected chi connectivity index (χ4v) is 1.87. The molecule has 0 atom stereocenters. The first-order chi connectivity index (χ1) is 12.5. The van der Waals surface area contributed by atoms with Crippen LogP contribution in [-0.2, 0) is 11.3 Å². The molecule has 136 valence electrons. The van der Waals surface area contributed by atoms with Gasteiger partial charge in [0.05, 0.1) is 6.61 Å². The van der Waals surface area contributed by atoms with E-state index in [0.29, 0.717) is 24.7 Å². The molecule has 1 aromatic carbocycles. The lowest BCUT2D eigenvalue weighted by Crippen LogP contribution is -2.29. The summed E-state index contributed by atoms with van der Waals surface area (Å²) in [5.41, 5.74) is 1.27. The zero-order chi connectivity index (χ0) is 19.4. The van der Waals surface area contributed by atoms with Crippen molar-refractivity contribution in [2.75, 3.05) is 11.9 Å². The molecule has 0 unspecified atom stereocenters. The summed E-state index contributed by atoms with van der Waals surface area (Å²) < 4.78 is 5.54. The van der Waals surface area contributed by atoms with Crippen LogP contribution in [0.25, 0.3) is 0 Å². The van der Waals surface area contributed by atoms with Crippen LogP contribution < -0.4 is 15.4 Å². The van der Waals surface area contributed by atoms with Gasteiger partial charge in [-0.15, -0.1) is 0 Å². The molecular weight excluding hydrogens is 334 g/mol. The molecule has 8 heteroatoms. The SMILES string of the molecule is CC(=O)O.CCOc1ccccc1CNC(=N)Nc1cccc(C#N)n1. The Hall–Kier alpha value is -3.60. The lowest BCUT2D eigenvalue weighted by molar-refractivity contribution is -0.134. The van der Waals surface area contributed by atoms with Gasteiger partial charge < -0.3 is 20.5 Å². The molecule has 0 saturated heterocycles. The summed E-state index contributed by atoms with van der Waals surface area (Å²) in [4.78, 5) is 13.1. The number of carbonyl (C=O) groups is 1. The second-order valence-electron chi connectivity index (χ2n) is 4.93. The first-order valence-electron chi connectivity index (χ1n) is 7.83. The van der Waals surface area contributed by atoms with Crippen LogP contribution in [0.1, 0.15) is 25.1 Å². The second kappa shape index (κ2) is 11.0. The van der Waals surface area contributed by atoms with Crippen LogP contribution in [0.5, 0.6) is 5.75 Å². The molecule has 0 amide bonds. The van der Waals surface area contributed by atoms with E-state index in [-0.39, 0.29) is 5.96 Å². The number of rotatable bonds is 5. The first-order valence-corrected chi connectivity index (χ1v) is 7.83. The van der Waals surface area contributed by atoms with E-state index in [1.54, 1.807) is 18.2 Å². The van der Waals surface area contributed by atoms with E-state index in [4.69, 9.17) is 25.3 Å². The highest BCUT2D eigenvalue weighted by Gasteiger charge is 2.04. The Labute approximate surface area is 152 Å². The van der Waals surface area contributed by atoms with Crippen molar-refractivity contribution in [1.82, 2.24) is 10.3 Å². The summed E-state index contributed by atoms with van der Waals surface area (Å²) in [5, 5.41) is 29.9. The number of pyridine rings is 1. The summed E-state index contributed by atoms with van der Waals surface area (Å²) in [6, 6.07) is 14.7. The fourth-order valence-electron chi connectivity index (χ4n) is 1.87. The van der Waals surface area contributed by atoms with Crippen LogP contribution >= 0.6 is 0 Å². The molecule has 2 aromatic rings. The number of nitrogens with zero attached hydrogens (tertiary/aromatic N) is 2. The number of ether oxygens (including phenoxy) is 1. The molecule has 0 fully saturated rings. The highest BCUT2D eigenvalue weighted by atomic mass is 16.5. The van der Waals surface area contributed by atoms with Gasteiger partial charge in [0.15, 0.2) is 5.96 Å². The minimum absolute atomic E-state index is 0.105. The van der Waals surface area contributed by atoms with Crippen molar-refractivity contribution in [3.8, 4) is 11.8 Å². The molecule has 1 aromatic heterocycles. The van der Waals surface area contributed by atoms with E-state index in [1.165, 1.54) is 0 Å². The number of aliphatic carboxylic acids is 1. The van der Waals surface area contributed by atoms with Crippen LogP contribution in [0, 0.1) is 16.7 Å². The van der Waals surface area contributed by atoms with E-state index in [2.05, 4.69) is 15.6 Å². The zero-order valence-electron chi connectivity index (χ0n) is 14.6. The summed E-state index contributed by atoms with van der Waals surface area (Å²) in [5.74, 6) is 0.526. The lowest BCUT2D eigenvalue weighted by atomic mass is 10.2. The molecular formula is C18H21N5O3. The quantitative estimate of drug-likeness (QED) is 0.479. The smallest absolute Gasteiger partial charge is 0.300 e. The predicted molar refractivity (Wildman–Crippen MR) is 98.1 cm³/mol. The van der Waals surface area contributed by atoms with E-state index in [9.17, 15) is 0 Å². The Morgan fingerprint density at radius 2 is 2.00 bits per heavy atom. The molecule has 0 bridgehead atoms. The average Bonchev–Trinajstić information content (AvgIpc) is 2.61.